The molecule has 0 bridgehead atoms. The van der Waals surface area contributed by atoms with E-state index in [0.29, 0.717) is 0 Å². The average molecular weight is 274 g/mol. The molecular weight excluding hydrogens is 256 g/mol. The van der Waals surface area contributed by atoms with Gasteiger partial charge in [0.25, 0.3) is 0 Å². The molecule has 0 aliphatic heterocycles. The van der Waals surface area contributed by atoms with E-state index in [1.54, 1.807) is 0 Å². The van der Waals surface area contributed by atoms with Crippen molar-refractivity contribution in [1.29, 1.82) is 0 Å². The van der Waals surface area contributed by atoms with Crippen LogP contribution >= 0.6 is 0 Å². The summed E-state index contributed by atoms with van der Waals surface area (Å²) in [5, 5.41) is 0. The fourth-order valence-electron chi connectivity index (χ4n) is 2.39. The zero-order chi connectivity index (χ0) is 14.7. The van der Waals surface area contributed by atoms with Gasteiger partial charge < -0.3 is 4.57 Å². The molecule has 0 aliphatic rings. The van der Waals surface area contributed by atoms with Crippen molar-refractivity contribution in [2.75, 3.05) is 0 Å². The molecule has 1 aromatic heterocycles. The highest BCUT2D eigenvalue weighted by Gasteiger charge is 2.02. The highest BCUT2D eigenvalue weighted by molar-refractivity contribution is 5.82. The number of para-hydroxylation sites is 2. The molecule has 0 N–H and O–H groups in total. The van der Waals surface area contributed by atoms with Gasteiger partial charge in [-0.1, -0.05) is 36.4 Å². The first-order valence-electron chi connectivity index (χ1n) is 7.08. The molecule has 0 unspecified atom stereocenters. The van der Waals surface area contributed by atoms with Crippen LogP contribution in [-0.4, -0.2) is 10.8 Å². The van der Waals surface area contributed by atoms with Gasteiger partial charge in [-0.3, -0.25) is 4.99 Å². The molecule has 3 aromatic rings. The Kier molecular flexibility index (Phi) is 3.69. The molecule has 2 heteroatoms. The van der Waals surface area contributed by atoms with Gasteiger partial charge in [-0.2, -0.15) is 0 Å². The standard InChI is InChI=1S/C19H18N2/c1-15-8-6-7-11-19(15)20-13-17-12-16(2)21(14-17)18-9-4-3-5-10-18/h3-14H,1-2H3. The summed E-state index contributed by atoms with van der Waals surface area (Å²) in [4.78, 5) is 4.59. The third-order valence-corrected chi connectivity index (χ3v) is 3.54. The molecule has 2 aromatic carbocycles. The number of aryl methyl sites for hydroxylation is 2. The molecule has 0 amide bonds. The Morgan fingerprint density at radius 3 is 2.38 bits per heavy atom. The topological polar surface area (TPSA) is 17.3 Å². The van der Waals surface area contributed by atoms with Crippen LogP contribution < -0.4 is 0 Å². The van der Waals surface area contributed by atoms with Crippen LogP contribution in [0.4, 0.5) is 5.69 Å². The van der Waals surface area contributed by atoms with Crippen LogP contribution in [0.5, 0.6) is 0 Å². The van der Waals surface area contributed by atoms with Crippen molar-refractivity contribution >= 4 is 11.9 Å². The van der Waals surface area contributed by atoms with Gasteiger partial charge in [0.1, 0.15) is 0 Å². The molecule has 0 aliphatic carbocycles. The van der Waals surface area contributed by atoms with Crippen molar-refractivity contribution in [3.05, 3.63) is 83.7 Å². The number of hydrogen-bond donors (Lipinski definition) is 0. The lowest BCUT2D eigenvalue weighted by atomic mass is 10.2. The second-order valence-electron chi connectivity index (χ2n) is 5.17. The van der Waals surface area contributed by atoms with E-state index in [9.17, 15) is 0 Å². The third kappa shape index (κ3) is 2.95. The van der Waals surface area contributed by atoms with Crippen molar-refractivity contribution in [3.8, 4) is 5.69 Å². The highest BCUT2D eigenvalue weighted by atomic mass is 15.0. The van der Waals surface area contributed by atoms with Crippen molar-refractivity contribution in [2.24, 2.45) is 4.99 Å². The van der Waals surface area contributed by atoms with Crippen molar-refractivity contribution < 1.29 is 0 Å². The maximum atomic E-state index is 4.59. The van der Waals surface area contributed by atoms with Crippen LogP contribution in [0.15, 0.2) is 71.9 Å². The minimum Gasteiger partial charge on any atom is -0.321 e. The monoisotopic (exact) mass is 274 g/mol. The summed E-state index contributed by atoms with van der Waals surface area (Å²) in [5.41, 5.74) is 5.69. The Bertz CT molecular complexity index is 767. The number of aliphatic imine (C=N–C) groups is 1. The van der Waals surface area contributed by atoms with E-state index < -0.39 is 0 Å². The van der Waals surface area contributed by atoms with Crippen LogP contribution in [0.3, 0.4) is 0 Å². The minimum absolute atomic E-state index is 1.02. The summed E-state index contributed by atoms with van der Waals surface area (Å²) in [6.07, 6.45) is 4.04. The summed E-state index contributed by atoms with van der Waals surface area (Å²) in [6.45, 7) is 4.19. The smallest absolute Gasteiger partial charge is 0.0659 e. The largest absolute Gasteiger partial charge is 0.321 e. The molecule has 0 fully saturated rings. The molecular formula is C19H18N2. The average Bonchev–Trinajstić information content (AvgIpc) is 2.88. The van der Waals surface area contributed by atoms with Crippen LogP contribution in [0.2, 0.25) is 0 Å². The zero-order valence-electron chi connectivity index (χ0n) is 12.3. The number of nitrogens with zero attached hydrogens (tertiary/aromatic N) is 2. The number of hydrogen-bond acceptors (Lipinski definition) is 1. The lowest BCUT2D eigenvalue weighted by molar-refractivity contribution is 1.02. The van der Waals surface area contributed by atoms with Gasteiger partial charge in [0.05, 0.1) is 5.69 Å². The van der Waals surface area contributed by atoms with Gasteiger partial charge in [-0.05, 0) is 43.7 Å². The molecule has 104 valence electrons. The van der Waals surface area contributed by atoms with Crippen molar-refractivity contribution in [1.82, 2.24) is 4.57 Å². The van der Waals surface area contributed by atoms with Crippen LogP contribution in [-0.2, 0) is 0 Å². The second-order valence-corrected chi connectivity index (χ2v) is 5.17. The molecule has 0 saturated carbocycles. The number of aromatic nitrogens is 1. The van der Waals surface area contributed by atoms with Gasteiger partial charge >= 0.3 is 0 Å². The quantitative estimate of drug-likeness (QED) is 0.608. The van der Waals surface area contributed by atoms with Gasteiger partial charge in [-0.15, -0.1) is 0 Å². The van der Waals surface area contributed by atoms with E-state index in [2.05, 4.69) is 66.0 Å². The van der Waals surface area contributed by atoms with E-state index in [1.165, 1.54) is 16.9 Å². The molecule has 0 radical (unpaired) electrons. The molecule has 21 heavy (non-hydrogen) atoms. The van der Waals surface area contributed by atoms with Gasteiger partial charge in [-0.25, -0.2) is 0 Å². The fourth-order valence-corrected chi connectivity index (χ4v) is 2.39. The summed E-state index contributed by atoms with van der Waals surface area (Å²) in [6, 6.07) is 20.7. The first kappa shape index (κ1) is 13.4. The highest BCUT2D eigenvalue weighted by Crippen LogP contribution is 2.18. The SMILES string of the molecule is Cc1ccccc1N=Cc1cc(C)n(-c2ccccc2)c1. The molecule has 1 heterocycles. The van der Waals surface area contributed by atoms with E-state index in [4.69, 9.17) is 0 Å². The van der Waals surface area contributed by atoms with E-state index in [0.717, 1.165) is 11.3 Å². The van der Waals surface area contributed by atoms with E-state index >= 15 is 0 Å². The first-order valence-corrected chi connectivity index (χ1v) is 7.08. The van der Waals surface area contributed by atoms with E-state index in [-0.39, 0.29) is 0 Å². The molecule has 0 saturated heterocycles. The first-order chi connectivity index (χ1) is 10.2. The van der Waals surface area contributed by atoms with Crippen molar-refractivity contribution in [3.63, 3.8) is 0 Å². The Balaban J connectivity index is 1.90. The maximum Gasteiger partial charge on any atom is 0.0659 e. The molecule has 2 nitrogen and oxygen atoms in total. The zero-order valence-corrected chi connectivity index (χ0v) is 12.3. The van der Waals surface area contributed by atoms with Crippen molar-refractivity contribution in [2.45, 2.75) is 13.8 Å². The number of benzene rings is 2. The second kappa shape index (κ2) is 5.80. The maximum absolute atomic E-state index is 4.59. The molecule has 0 atom stereocenters. The van der Waals surface area contributed by atoms with Gasteiger partial charge in [0.2, 0.25) is 0 Å². The summed E-state index contributed by atoms with van der Waals surface area (Å²) in [7, 11) is 0. The lowest BCUT2D eigenvalue weighted by Crippen LogP contribution is -1.93. The predicted molar refractivity (Wildman–Crippen MR) is 88.9 cm³/mol. The van der Waals surface area contributed by atoms with E-state index in [1.807, 2.05) is 30.5 Å². The number of rotatable bonds is 3. The van der Waals surface area contributed by atoms with Gasteiger partial charge in [0.15, 0.2) is 0 Å². The Hall–Kier alpha value is -2.61. The van der Waals surface area contributed by atoms with Crippen LogP contribution in [0, 0.1) is 13.8 Å². The Labute approximate surface area is 125 Å². The summed E-state index contributed by atoms with van der Waals surface area (Å²) < 4.78 is 2.18. The fraction of sp³-hybridized carbons (Fsp3) is 0.105. The molecule has 0 spiro atoms. The minimum atomic E-state index is 1.02. The van der Waals surface area contributed by atoms with Gasteiger partial charge in [0, 0.05) is 29.4 Å². The third-order valence-electron chi connectivity index (χ3n) is 3.54. The predicted octanol–water partition coefficient (Wildman–Crippen LogP) is 4.84. The molecule has 3 rings (SSSR count). The Morgan fingerprint density at radius 2 is 1.62 bits per heavy atom. The summed E-state index contributed by atoms with van der Waals surface area (Å²) in [5.74, 6) is 0. The Morgan fingerprint density at radius 1 is 0.905 bits per heavy atom. The summed E-state index contributed by atoms with van der Waals surface area (Å²) >= 11 is 0. The van der Waals surface area contributed by atoms with Crippen LogP contribution in [0.25, 0.3) is 5.69 Å². The normalized spacial score (nSPS) is 11.1. The lowest BCUT2D eigenvalue weighted by Gasteiger charge is -2.04. The van der Waals surface area contributed by atoms with Crippen LogP contribution in [0.1, 0.15) is 16.8 Å².